The normalized spacial score (nSPS) is 39.1. The molecule has 2 saturated carbocycles. The minimum atomic E-state index is -0.125. The Kier molecular flexibility index (Phi) is 6.31. The van der Waals surface area contributed by atoms with Crippen molar-refractivity contribution in [3.8, 4) is 0 Å². The van der Waals surface area contributed by atoms with Gasteiger partial charge in [0.05, 0.1) is 6.10 Å². The van der Waals surface area contributed by atoms with Crippen molar-refractivity contribution in [2.75, 3.05) is 13.6 Å². The number of hydrogen-bond acceptors (Lipinski definition) is 3. The van der Waals surface area contributed by atoms with Crippen LogP contribution in [0.15, 0.2) is 0 Å². The molecule has 5 unspecified atom stereocenters. The van der Waals surface area contributed by atoms with Gasteiger partial charge in [-0.2, -0.15) is 0 Å². The van der Waals surface area contributed by atoms with Crippen LogP contribution in [0.1, 0.15) is 64.7 Å². The highest BCUT2D eigenvalue weighted by Crippen LogP contribution is 2.33. The number of hydrogen-bond donors (Lipinski definition) is 2. The van der Waals surface area contributed by atoms with Crippen LogP contribution in [0.25, 0.3) is 0 Å². The Bertz CT molecular complexity index is 284. The van der Waals surface area contributed by atoms with Gasteiger partial charge in [0.25, 0.3) is 0 Å². The van der Waals surface area contributed by atoms with Crippen LogP contribution in [0, 0.1) is 11.8 Å². The van der Waals surface area contributed by atoms with E-state index in [1.807, 2.05) is 0 Å². The van der Waals surface area contributed by atoms with Gasteiger partial charge in [-0.1, -0.05) is 32.6 Å². The lowest BCUT2D eigenvalue weighted by atomic mass is 9.76. The molecule has 0 amide bonds. The number of rotatable bonds is 5. The lowest BCUT2D eigenvalue weighted by Crippen LogP contribution is -2.49. The number of likely N-dealkylation sites (N-methyl/N-ethyl adjacent to an activating group) is 1. The van der Waals surface area contributed by atoms with Crippen LogP contribution in [-0.4, -0.2) is 41.8 Å². The monoisotopic (exact) mass is 282 g/mol. The summed E-state index contributed by atoms with van der Waals surface area (Å²) < 4.78 is 0. The lowest BCUT2D eigenvalue weighted by Gasteiger charge is -2.41. The molecule has 3 heteroatoms. The van der Waals surface area contributed by atoms with Gasteiger partial charge in [-0.15, -0.1) is 0 Å². The fourth-order valence-electron chi connectivity index (χ4n) is 4.38. The van der Waals surface area contributed by atoms with E-state index in [0.717, 1.165) is 25.3 Å². The SMILES string of the molecule is CCCC1CCC(N)C(CN(C)C2CCCCC2O)C1. The predicted molar refractivity (Wildman–Crippen MR) is 84.6 cm³/mol. The fraction of sp³-hybridized carbons (Fsp3) is 1.00. The van der Waals surface area contributed by atoms with E-state index in [-0.39, 0.29) is 6.10 Å². The molecule has 0 bridgehead atoms. The van der Waals surface area contributed by atoms with E-state index in [0.29, 0.717) is 18.0 Å². The molecule has 20 heavy (non-hydrogen) atoms. The van der Waals surface area contributed by atoms with E-state index < -0.39 is 0 Å². The van der Waals surface area contributed by atoms with Crippen molar-refractivity contribution < 1.29 is 5.11 Å². The number of aliphatic hydroxyl groups excluding tert-OH is 1. The van der Waals surface area contributed by atoms with Crippen molar-refractivity contribution in [3.63, 3.8) is 0 Å². The molecular formula is C17H34N2O. The summed E-state index contributed by atoms with van der Waals surface area (Å²) in [5, 5.41) is 10.2. The first-order chi connectivity index (χ1) is 9.61. The minimum absolute atomic E-state index is 0.125. The first-order valence-electron chi connectivity index (χ1n) is 8.75. The van der Waals surface area contributed by atoms with Crippen LogP contribution in [0.4, 0.5) is 0 Å². The van der Waals surface area contributed by atoms with Gasteiger partial charge < -0.3 is 15.7 Å². The maximum atomic E-state index is 10.2. The largest absolute Gasteiger partial charge is 0.391 e. The molecule has 0 radical (unpaired) electrons. The highest BCUT2D eigenvalue weighted by atomic mass is 16.3. The van der Waals surface area contributed by atoms with Gasteiger partial charge in [0.15, 0.2) is 0 Å². The van der Waals surface area contributed by atoms with Crippen molar-refractivity contribution in [2.45, 2.75) is 82.9 Å². The molecule has 2 aliphatic rings. The molecule has 0 aliphatic heterocycles. The van der Waals surface area contributed by atoms with Gasteiger partial charge in [-0.05, 0) is 51.0 Å². The summed E-state index contributed by atoms with van der Waals surface area (Å²) in [6.45, 7) is 3.36. The molecule has 118 valence electrons. The van der Waals surface area contributed by atoms with E-state index >= 15 is 0 Å². The third-order valence-corrected chi connectivity index (χ3v) is 5.63. The molecule has 0 aromatic carbocycles. The third-order valence-electron chi connectivity index (χ3n) is 5.63. The molecule has 3 N–H and O–H groups in total. The Balaban J connectivity index is 1.86. The van der Waals surface area contributed by atoms with E-state index in [4.69, 9.17) is 5.73 Å². The number of aliphatic hydroxyl groups is 1. The van der Waals surface area contributed by atoms with E-state index in [1.165, 1.54) is 44.9 Å². The summed E-state index contributed by atoms with van der Waals surface area (Å²) in [4.78, 5) is 2.41. The Hall–Kier alpha value is -0.120. The molecule has 0 heterocycles. The van der Waals surface area contributed by atoms with Crippen molar-refractivity contribution in [2.24, 2.45) is 17.6 Å². The fourth-order valence-corrected chi connectivity index (χ4v) is 4.38. The maximum absolute atomic E-state index is 10.2. The minimum Gasteiger partial charge on any atom is -0.391 e. The molecular weight excluding hydrogens is 248 g/mol. The predicted octanol–water partition coefficient (Wildman–Crippen LogP) is 2.77. The Morgan fingerprint density at radius 2 is 1.90 bits per heavy atom. The zero-order chi connectivity index (χ0) is 14.5. The average Bonchev–Trinajstić information content (AvgIpc) is 2.43. The Morgan fingerprint density at radius 3 is 2.60 bits per heavy atom. The zero-order valence-electron chi connectivity index (χ0n) is 13.4. The number of nitrogens with two attached hydrogens (primary N) is 1. The molecule has 2 rings (SSSR count). The molecule has 2 aliphatic carbocycles. The third kappa shape index (κ3) is 4.19. The second-order valence-corrected chi connectivity index (χ2v) is 7.25. The van der Waals surface area contributed by atoms with Gasteiger partial charge in [-0.25, -0.2) is 0 Å². The van der Waals surface area contributed by atoms with E-state index in [1.54, 1.807) is 0 Å². The highest BCUT2D eigenvalue weighted by Gasteiger charge is 2.32. The maximum Gasteiger partial charge on any atom is 0.0695 e. The quantitative estimate of drug-likeness (QED) is 0.815. The molecule has 3 nitrogen and oxygen atoms in total. The van der Waals surface area contributed by atoms with Crippen molar-refractivity contribution in [3.05, 3.63) is 0 Å². The van der Waals surface area contributed by atoms with Crippen molar-refractivity contribution >= 4 is 0 Å². The summed E-state index contributed by atoms with van der Waals surface area (Å²) >= 11 is 0. The van der Waals surface area contributed by atoms with Crippen LogP contribution < -0.4 is 5.73 Å². The molecule has 0 saturated heterocycles. The molecule has 0 spiro atoms. The van der Waals surface area contributed by atoms with Gasteiger partial charge in [0, 0.05) is 18.6 Å². The van der Waals surface area contributed by atoms with Crippen LogP contribution in [-0.2, 0) is 0 Å². The topological polar surface area (TPSA) is 49.5 Å². The molecule has 2 fully saturated rings. The van der Waals surface area contributed by atoms with Crippen LogP contribution in [0.2, 0.25) is 0 Å². The molecule has 0 aromatic rings. The Morgan fingerprint density at radius 1 is 1.15 bits per heavy atom. The lowest BCUT2D eigenvalue weighted by molar-refractivity contribution is 0.0188. The first-order valence-corrected chi connectivity index (χ1v) is 8.75. The summed E-state index contributed by atoms with van der Waals surface area (Å²) in [6.07, 6.45) is 10.9. The molecule has 5 atom stereocenters. The second-order valence-electron chi connectivity index (χ2n) is 7.25. The van der Waals surface area contributed by atoms with E-state index in [2.05, 4.69) is 18.9 Å². The zero-order valence-corrected chi connectivity index (χ0v) is 13.4. The smallest absolute Gasteiger partial charge is 0.0695 e. The Labute approximate surface area is 124 Å². The van der Waals surface area contributed by atoms with E-state index in [9.17, 15) is 5.11 Å². The average molecular weight is 282 g/mol. The summed E-state index contributed by atoms with van der Waals surface area (Å²) in [5.41, 5.74) is 6.36. The summed E-state index contributed by atoms with van der Waals surface area (Å²) in [7, 11) is 2.19. The van der Waals surface area contributed by atoms with Gasteiger partial charge in [-0.3, -0.25) is 0 Å². The van der Waals surface area contributed by atoms with Gasteiger partial charge >= 0.3 is 0 Å². The summed E-state index contributed by atoms with van der Waals surface area (Å²) in [6, 6.07) is 0.730. The summed E-state index contributed by atoms with van der Waals surface area (Å²) in [5.74, 6) is 1.51. The van der Waals surface area contributed by atoms with Crippen LogP contribution >= 0.6 is 0 Å². The second kappa shape index (κ2) is 7.77. The van der Waals surface area contributed by atoms with Gasteiger partial charge in [0.2, 0.25) is 0 Å². The first kappa shape index (κ1) is 16.3. The molecule has 0 aromatic heterocycles. The van der Waals surface area contributed by atoms with Crippen molar-refractivity contribution in [1.82, 2.24) is 4.90 Å². The van der Waals surface area contributed by atoms with Crippen LogP contribution in [0.5, 0.6) is 0 Å². The van der Waals surface area contributed by atoms with Crippen molar-refractivity contribution in [1.29, 1.82) is 0 Å². The van der Waals surface area contributed by atoms with Gasteiger partial charge in [0.1, 0.15) is 0 Å². The number of nitrogens with zero attached hydrogens (tertiary/aromatic N) is 1. The van der Waals surface area contributed by atoms with Crippen LogP contribution in [0.3, 0.4) is 0 Å². The highest BCUT2D eigenvalue weighted by molar-refractivity contribution is 4.88. The standard InChI is InChI=1S/C17H34N2O/c1-3-6-13-9-10-15(18)14(11-13)12-19(2)16-7-4-5-8-17(16)20/h13-17,20H,3-12,18H2,1-2H3.